The van der Waals surface area contributed by atoms with Crippen LogP contribution in [0.2, 0.25) is 0 Å². The van der Waals surface area contributed by atoms with Crippen molar-refractivity contribution in [3.63, 3.8) is 0 Å². The van der Waals surface area contributed by atoms with Gasteiger partial charge in [-0.25, -0.2) is 4.98 Å². The van der Waals surface area contributed by atoms with Crippen molar-refractivity contribution in [3.05, 3.63) is 217 Å². The second-order valence-corrected chi connectivity index (χ2v) is 18.0. The number of methoxy groups -OCH3 is 1. The van der Waals surface area contributed by atoms with Crippen molar-refractivity contribution in [2.75, 3.05) is 7.11 Å². The Hall–Kier alpha value is -7.82. The van der Waals surface area contributed by atoms with Crippen LogP contribution in [0.15, 0.2) is 200 Å². The lowest BCUT2D eigenvalue weighted by Gasteiger charge is -2.23. The molecular formula is C61H51N3O. The van der Waals surface area contributed by atoms with Gasteiger partial charge in [0, 0.05) is 23.0 Å². The Labute approximate surface area is 382 Å². The Morgan fingerprint density at radius 1 is 0.462 bits per heavy atom. The number of aryl methyl sites for hydroxylation is 2. The third kappa shape index (κ3) is 8.16. The number of nitrogens with zero attached hydrogens (tertiary/aromatic N) is 3. The van der Waals surface area contributed by atoms with Crippen LogP contribution in [0, 0.1) is 13.8 Å². The summed E-state index contributed by atoms with van der Waals surface area (Å²) in [6, 6.07) is 69.6. The molecule has 0 unspecified atom stereocenters. The fourth-order valence-electron chi connectivity index (χ4n) is 9.12. The summed E-state index contributed by atoms with van der Waals surface area (Å²) in [6.45, 7) is 11.1. The lowest BCUT2D eigenvalue weighted by Crippen LogP contribution is -2.12. The first kappa shape index (κ1) is 41.2. The summed E-state index contributed by atoms with van der Waals surface area (Å²) < 4.78 is 8.54. The molecule has 4 nitrogen and oxygen atoms in total. The number of hydrogen-bond donors (Lipinski definition) is 0. The Balaban J connectivity index is 1.19. The van der Waals surface area contributed by atoms with Crippen molar-refractivity contribution in [2.45, 2.75) is 40.0 Å². The minimum Gasteiger partial charge on any atom is -0.496 e. The number of aromatic nitrogens is 3. The molecule has 0 N–H and O–H groups in total. The molecular weight excluding hydrogens is 791 g/mol. The molecule has 0 radical (unpaired) electrons. The van der Waals surface area contributed by atoms with Crippen LogP contribution in [-0.4, -0.2) is 21.6 Å². The van der Waals surface area contributed by atoms with Gasteiger partial charge in [-0.3, -0.25) is 9.55 Å². The summed E-state index contributed by atoms with van der Waals surface area (Å²) in [4.78, 5) is 10.7. The number of benzene rings is 8. The third-order valence-electron chi connectivity index (χ3n) is 12.4. The smallest absolute Gasteiger partial charge is 0.149 e. The van der Waals surface area contributed by atoms with Gasteiger partial charge in [0.25, 0.3) is 0 Å². The molecule has 0 fully saturated rings. The molecule has 0 aliphatic heterocycles. The Kier molecular flexibility index (Phi) is 10.8. The molecule has 0 saturated heterocycles. The summed E-state index contributed by atoms with van der Waals surface area (Å²) in [5, 5.41) is 0. The van der Waals surface area contributed by atoms with E-state index in [1.54, 1.807) is 7.11 Å². The monoisotopic (exact) mass is 841 g/mol. The van der Waals surface area contributed by atoms with Crippen LogP contribution >= 0.6 is 0 Å². The van der Waals surface area contributed by atoms with E-state index in [2.05, 4.69) is 233 Å². The lowest BCUT2D eigenvalue weighted by atomic mass is 9.85. The lowest BCUT2D eigenvalue weighted by molar-refractivity contribution is 0.413. The van der Waals surface area contributed by atoms with E-state index in [1.807, 2.05) is 6.20 Å². The maximum Gasteiger partial charge on any atom is 0.149 e. The maximum absolute atomic E-state index is 6.20. The van der Waals surface area contributed by atoms with Crippen molar-refractivity contribution in [2.24, 2.45) is 0 Å². The van der Waals surface area contributed by atoms with Gasteiger partial charge in [0.15, 0.2) is 0 Å². The first-order valence-electron chi connectivity index (χ1n) is 22.3. The van der Waals surface area contributed by atoms with E-state index in [0.717, 1.165) is 95.2 Å². The Bertz CT molecular complexity index is 3330. The predicted molar refractivity (Wildman–Crippen MR) is 272 cm³/mol. The van der Waals surface area contributed by atoms with Crippen LogP contribution in [-0.2, 0) is 5.41 Å². The highest BCUT2D eigenvalue weighted by molar-refractivity contribution is 5.98. The standard InChI is InChI=1S/C61H51N3O/c1-40-31-41(2)59(65-6)55(32-40)60-63-58-54(23-16-24-57(58)64(60)53-37-49(44-21-14-9-15-22-44)36-52(39-53)61(3,4)5)50-33-48(43-19-12-8-13-20-43)34-51(35-50)56-38-47(29-30-62-56)46-27-25-45(26-28-46)42-17-10-7-11-18-42/h7-39H,1-6H3. The maximum atomic E-state index is 6.20. The minimum absolute atomic E-state index is 0.107. The van der Waals surface area contributed by atoms with E-state index >= 15 is 0 Å². The largest absolute Gasteiger partial charge is 0.496 e. The topological polar surface area (TPSA) is 39.9 Å². The zero-order valence-electron chi connectivity index (χ0n) is 37.8. The molecule has 10 aromatic rings. The van der Waals surface area contributed by atoms with Gasteiger partial charge in [-0.15, -0.1) is 0 Å². The summed E-state index contributed by atoms with van der Waals surface area (Å²) in [7, 11) is 1.76. The Morgan fingerprint density at radius 2 is 1.03 bits per heavy atom. The van der Waals surface area contributed by atoms with Crippen LogP contribution in [0.5, 0.6) is 5.75 Å². The van der Waals surface area contributed by atoms with Crippen molar-refractivity contribution in [1.29, 1.82) is 0 Å². The molecule has 0 amide bonds. The van der Waals surface area contributed by atoms with Gasteiger partial charge < -0.3 is 4.74 Å². The molecule has 0 aliphatic rings. The van der Waals surface area contributed by atoms with E-state index in [1.165, 1.54) is 22.3 Å². The third-order valence-corrected chi connectivity index (χ3v) is 12.4. The second-order valence-electron chi connectivity index (χ2n) is 18.0. The summed E-state index contributed by atoms with van der Waals surface area (Å²) >= 11 is 0. The molecule has 316 valence electrons. The molecule has 2 aromatic heterocycles. The summed E-state index contributed by atoms with van der Waals surface area (Å²) in [6.07, 6.45) is 1.92. The molecule has 0 aliphatic carbocycles. The fourth-order valence-corrected chi connectivity index (χ4v) is 9.12. The van der Waals surface area contributed by atoms with Crippen LogP contribution in [0.3, 0.4) is 0 Å². The number of imidazole rings is 1. The number of para-hydroxylation sites is 1. The predicted octanol–water partition coefficient (Wildman–Crippen LogP) is 16.0. The van der Waals surface area contributed by atoms with Gasteiger partial charge >= 0.3 is 0 Å². The highest BCUT2D eigenvalue weighted by atomic mass is 16.5. The quantitative estimate of drug-likeness (QED) is 0.145. The van der Waals surface area contributed by atoms with Crippen LogP contribution in [0.4, 0.5) is 0 Å². The van der Waals surface area contributed by atoms with Crippen molar-refractivity contribution in [3.8, 4) is 89.7 Å². The molecule has 8 aromatic carbocycles. The fraction of sp³-hybridized carbons (Fsp3) is 0.115. The van der Waals surface area contributed by atoms with Gasteiger partial charge in [-0.1, -0.05) is 160 Å². The highest BCUT2D eigenvalue weighted by Gasteiger charge is 2.24. The number of hydrogen-bond acceptors (Lipinski definition) is 3. The highest BCUT2D eigenvalue weighted by Crippen LogP contribution is 2.43. The first-order chi connectivity index (χ1) is 31.6. The van der Waals surface area contributed by atoms with Crippen LogP contribution < -0.4 is 4.74 Å². The molecule has 10 rings (SSSR count). The molecule has 0 bridgehead atoms. The van der Waals surface area contributed by atoms with Crippen LogP contribution in [0.1, 0.15) is 37.5 Å². The van der Waals surface area contributed by atoms with E-state index in [0.29, 0.717) is 0 Å². The molecule has 0 saturated carbocycles. The van der Waals surface area contributed by atoms with Gasteiger partial charge in [0.05, 0.1) is 29.4 Å². The van der Waals surface area contributed by atoms with Crippen LogP contribution in [0.25, 0.3) is 95.0 Å². The summed E-state index contributed by atoms with van der Waals surface area (Å²) in [5.74, 6) is 1.64. The molecule has 0 atom stereocenters. The van der Waals surface area contributed by atoms with Gasteiger partial charge in [-0.05, 0) is 141 Å². The number of fused-ring (bicyclic) bond motifs is 1. The molecule has 0 spiro atoms. The normalized spacial score (nSPS) is 11.5. The average Bonchev–Trinajstić information content (AvgIpc) is 3.74. The van der Waals surface area contributed by atoms with E-state index in [9.17, 15) is 0 Å². The first-order valence-corrected chi connectivity index (χ1v) is 22.3. The Morgan fingerprint density at radius 3 is 1.66 bits per heavy atom. The molecule has 4 heteroatoms. The van der Waals surface area contributed by atoms with Gasteiger partial charge in [-0.2, -0.15) is 0 Å². The van der Waals surface area contributed by atoms with Gasteiger partial charge in [0.1, 0.15) is 11.6 Å². The zero-order chi connectivity index (χ0) is 44.7. The van der Waals surface area contributed by atoms with Gasteiger partial charge in [0.2, 0.25) is 0 Å². The van der Waals surface area contributed by atoms with E-state index in [-0.39, 0.29) is 5.41 Å². The minimum atomic E-state index is -0.107. The van der Waals surface area contributed by atoms with Crippen molar-refractivity contribution in [1.82, 2.24) is 14.5 Å². The zero-order valence-corrected chi connectivity index (χ0v) is 37.8. The second kappa shape index (κ2) is 17.0. The van der Waals surface area contributed by atoms with E-state index < -0.39 is 0 Å². The molecule has 65 heavy (non-hydrogen) atoms. The van der Waals surface area contributed by atoms with Crippen molar-refractivity contribution >= 4 is 11.0 Å². The number of ether oxygens (including phenoxy) is 1. The SMILES string of the molecule is COc1c(C)cc(C)cc1-c1nc2c(-c3cc(-c4ccccc4)cc(-c4cc(-c5ccc(-c6ccccc6)cc5)ccn4)c3)cccc2n1-c1cc(-c2ccccc2)cc(C(C)(C)C)c1. The average molecular weight is 842 g/mol. The summed E-state index contributed by atoms with van der Waals surface area (Å²) in [5.41, 5.74) is 20.5. The molecule has 2 heterocycles. The van der Waals surface area contributed by atoms with Crippen molar-refractivity contribution < 1.29 is 4.74 Å². The van der Waals surface area contributed by atoms with E-state index in [4.69, 9.17) is 14.7 Å². The number of pyridine rings is 1. The number of rotatable bonds is 9.